The van der Waals surface area contributed by atoms with Crippen molar-refractivity contribution in [1.82, 2.24) is 0 Å². The Hall–Kier alpha value is -0.220. The normalized spacial score (nSPS) is 10.7. The maximum absolute atomic E-state index is 13.1. The maximum Gasteiger partial charge on any atom is 0.137 e. The number of halogens is 4. The van der Waals surface area contributed by atoms with E-state index < -0.39 is 0 Å². The molecule has 0 amide bonds. The third kappa shape index (κ3) is 3.89. The molecule has 0 nitrogen and oxygen atoms in total. The van der Waals surface area contributed by atoms with Crippen LogP contribution in [0.5, 0.6) is 0 Å². The number of thioether (sulfide) groups is 1. The van der Waals surface area contributed by atoms with Crippen LogP contribution in [-0.2, 0) is 5.75 Å². The van der Waals surface area contributed by atoms with Gasteiger partial charge in [-0.15, -0.1) is 11.8 Å². The molecule has 0 N–H and O–H groups in total. The van der Waals surface area contributed by atoms with Crippen molar-refractivity contribution >= 4 is 50.9 Å². The zero-order valence-electron chi connectivity index (χ0n) is 9.09. The van der Waals surface area contributed by atoms with E-state index in [4.69, 9.17) is 23.2 Å². The fourth-order valence-corrected chi connectivity index (χ4v) is 3.42. The molecule has 0 unspecified atom stereocenters. The van der Waals surface area contributed by atoms with Gasteiger partial charge < -0.3 is 0 Å². The quantitative estimate of drug-likeness (QED) is 0.584. The Labute approximate surface area is 128 Å². The van der Waals surface area contributed by atoms with Gasteiger partial charge in [0.1, 0.15) is 5.82 Å². The molecule has 0 aromatic heterocycles. The molecular formula is C13H8BrCl2FS. The van der Waals surface area contributed by atoms with Crippen LogP contribution in [-0.4, -0.2) is 0 Å². The van der Waals surface area contributed by atoms with E-state index in [1.807, 2.05) is 12.1 Å². The molecule has 0 atom stereocenters. The Balaban J connectivity index is 2.08. The first-order valence-electron chi connectivity index (χ1n) is 5.07. The van der Waals surface area contributed by atoms with E-state index in [0.717, 1.165) is 16.2 Å². The summed E-state index contributed by atoms with van der Waals surface area (Å²) < 4.78 is 13.6. The largest absolute Gasteiger partial charge is 0.206 e. The SMILES string of the molecule is Fc1ccc(CSc2cc(Cl)cc(Cl)c2)cc1Br. The monoisotopic (exact) mass is 364 g/mol. The van der Waals surface area contributed by atoms with Crippen molar-refractivity contribution in [3.05, 3.63) is 62.3 Å². The number of benzene rings is 2. The van der Waals surface area contributed by atoms with Crippen molar-refractivity contribution in [3.63, 3.8) is 0 Å². The first kappa shape index (κ1) is 14.2. The van der Waals surface area contributed by atoms with E-state index in [9.17, 15) is 4.39 Å². The predicted molar refractivity (Wildman–Crippen MR) is 80.1 cm³/mol. The van der Waals surface area contributed by atoms with Gasteiger partial charge in [0.25, 0.3) is 0 Å². The van der Waals surface area contributed by atoms with Gasteiger partial charge in [0, 0.05) is 20.7 Å². The second kappa shape index (κ2) is 6.29. The maximum atomic E-state index is 13.1. The van der Waals surface area contributed by atoms with E-state index >= 15 is 0 Å². The molecule has 94 valence electrons. The first-order valence-corrected chi connectivity index (χ1v) is 7.61. The summed E-state index contributed by atoms with van der Waals surface area (Å²) in [4.78, 5) is 0.993. The third-order valence-electron chi connectivity index (χ3n) is 2.23. The molecular weight excluding hydrogens is 358 g/mol. The van der Waals surface area contributed by atoms with Crippen molar-refractivity contribution in [2.24, 2.45) is 0 Å². The minimum absolute atomic E-state index is 0.255. The Morgan fingerprint density at radius 2 is 1.72 bits per heavy atom. The summed E-state index contributed by atoms with van der Waals surface area (Å²) in [6.07, 6.45) is 0. The van der Waals surface area contributed by atoms with Gasteiger partial charge in [0.2, 0.25) is 0 Å². The molecule has 2 aromatic rings. The standard InChI is InChI=1S/C13H8BrCl2FS/c14-12-3-8(1-2-13(12)17)7-18-11-5-9(15)4-10(16)6-11/h1-6H,7H2. The summed E-state index contributed by atoms with van der Waals surface area (Å²) in [5.41, 5.74) is 1.03. The van der Waals surface area contributed by atoms with Crippen molar-refractivity contribution in [2.45, 2.75) is 10.6 Å². The van der Waals surface area contributed by atoms with Gasteiger partial charge >= 0.3 is 0 Å². The van der Waals surface area contributed by atoms with Crippen LogP contribution < -0.4 is 0 Å². The van der Waals surface area contributed by atoms with Crippen LogP contribution in [0.3, 0.4) is 0 Å². The van der Waals surface area contributed by atoms with Gasteiger partial charge in [-0.1, -0.05) is 29.3 Å². The van der Waals surface area contributed by atoms with Crippen molar-refractivity contribution in [1.29, 1.82) is 0 Å². The van der Waals surface area contributed by atoms with Crippen LogP contribution in [0, 0.1) is 5.82 Å². The van der Waals surface area contributed by atoms with Crippen LogP contribution in [0.4, 0.5) is 4.39 Å². The fraction of sp³-hybridized carbons (Fsp3) is 0.0769. The van der Waals surface area contributed by atoms with Gasteiger partial charge in [-0.3, -0.25) is 0 Å². The minimum atomic E-state index is -0.255. The smallest absolute Gasteiger partial charge is 0.137 e. The zero-order chi connectivity index (χ0) is 13.1. The summed E-state index contributed by atoms with van der Waals surface area (Å²) in [5, 5.41) is 1.23. The number of hydrogen-bond donors (Lipinski definition) is 0. The second-order valence-corrected chi connectivity index (χ2v) is 6.42. The molecule has 0 saturated heterocycles. The average Bonchev–Trinajstić information content (AvgIpc) is 2.29. The predicted octanol–water partition coefficient (Wildman–Crippen LogP) is 6.19. The Bertz CT molecular complexity index is 555. The van der Waals surface area contributed by atoms with Gasteiger partial charge in [0.15, 0.2) is 0 Å². The summed E-state index contributed by atoms with van der Waals surface area (Å²) in [6.45, 7) is 0. The van der Waals surface area contributed by atoms with E-state index in [1.54, 1.807) is 30.0 Å². The molecule has 0 aliphatic heterocycles. The number of hydrogen-bond acceptors (Lipinski definition) is 1. The lowest BCUT2D eigenvalue weighted by molar-refractivity contribution is 0.620. The zero-order valence-corrected chi connectivity index (χ0v) is 13.0. The highest BCUT2D eigenvalue weighted by Gasteiger charge is 2.03. The van der Waals surface area contributed by atoms with Crippen LogP contribution in [0.1, 0.15) is 5.56 Å². The van der Waals surface area contributed by atoms with Crippen molar-refractivity contribution in [3.8, 4) is 0 Å². The molecule has 0 saturated carbocycles. The molecule has 0 heterocycles. The van der Waals surface area contributed by atoms with Crippen LogP contribution in [0.2, 0.25) is 10.0 Å². The fourth-order valence-electron chi connectivity index (χ4n) is 1.41. The Morgan fingerprint density at radius 1 is 1.06 bits per heavy atom. The molecule has 2 aromatic carbocycles. The summed E-state index contributed by atoms with van der Waals surface area (Å²) in [5.74, 6) is 0.477. The molecule has 0 aliphatic carbocycles. The topological polar surface area (TPSA) is 0 Å². The van der Waals surface area contributed by atoms with Crippen molar-refractivity contribution in [2.75, 3.05) is 0 Å². The number of rotatable bonds is 3. The molecule has 0 aliphatic rings. The molecule has 5 heteroatoms. The van der Waals surface area contributed by atoms with Crippen LogP contribution >= 0.6 is 50.9 Å². The second-order valence-electron chi connectivity index (χ2n) is 3.64. The van der Waals surface area contributed by atoms with E-state index in [-0.39, 0.29) is 5.82 Å². The first-order chi connectivity index (χ1) is 8.54. The Kier molecular flexibility index (Phi) is 4.96. The van der Waals surface area contributed by atoms with Crippen LogP contribution in [0.25, 0.3) is 0 Å². The molecule has 0 bridgehead atoms. The molecule has 0 radical (unpaired) electrons. The Morgan fingerprint density at radius 3 is 2.33 bits per heavy atom. The summed E-state index contributed by atoms with van der Waals surface area (Å²) in [6, 6.07) is 10.4. The highest BCUT2D eigenvalue weighted by molar-refractivity contribution is 9.10. The molecule has 0 spiro atoms. The van der Waals surface area contributed by atoms with Gasteiger partial charge in [-0.25, -0.2) is 4.39 Å². The highest BCUT2D eigenvalue weighted by atomic mass is 79.9. The summed E-state index contributed by atoms with van der Waals surface area (Å²) >= 11 is 16.6. The van der Waals surface area contributed by atoms with E-state index in [2.05, 4.69) is 15.9 Å². The molecule has 2 rings (SSSR count). The lowest BCUT2D eigenvalue weighted by atomic mass is 10.2. The van der Waals surface area contributed by atoms with Gasteiger partial charge in [0.05, 0.1) is 4.47 Å². The van der Waals surface area contributed by atoms with Gasteiger partial charge in [-0.2, -0.15) is 0 Å². The lowest BCUT2D eigenvalue weighted by Gasteiger charge is -2.04. The van der Waals surface area contributed by atoms with Gasteiger partial charge in [-0.05, 0) is 51.8 Å². The summed E-state index contributed by atoms with van der Waals surface area (Å²) in [7, 11) is 0. The van der Waals surface area contributed by atoms with Crippen LogP contribution in [0.15, 0.2) is 45.8 Å². The molecule has 18 heavy (non-hydrogen) atoms. The minimum Gasteiger partial charge on any atom is -0.206 e. The highest BCUT2D eigenvalue weighted by Crippen LogP contribution is 2.29. The van der Waals surface area contributed by atoms with E-state index in [0.29, 0.717) is 14.5 Å². The molecule has 0 fully saturated rings. The lowest BCUT2D eigenvalue weighted by Crippen LogP contribution is -1.84. The van der Waals surface area contributed by atoms with E-state index in [1.165, 1.54) is 6.07 Å². The van der Waals surface area contributed by atoms with Crippen molar-refractivity contribution < 1.29 is 4.39 Å². The third-order valence-corrected chi connectivity index (χ3v) is 4.32. The average molecular weight is 366 g/mol.